The van der Waals surface area contributed by atoms with E-state index in [9.17, 15) is 0 Å². The monoisotopic (exact) mass is 262 g/mol. The molecule has 0 spiro atoms. The Balaban J connectivity index is 1.67. The summed E-state index contributed by atoms with van der Waals surface area (Å²) in [4.78, 5) is 4.57. The van der Waals surface area contributed by atoms with Crippen LogP contribution in [0.1, 0.15) is 45.4 Å². The zero-order chi connectivity index (χ0) is 12.6. The molecule has 0 saturated heterocycles. The van der Waals surface area contributed by atoms with Crippen molar-refractivity contribution in [2.24, 2.45) is 0 Å². The van der Waals surface area contributed by atoms with Gasteiger partial charge < -0.3 is 5.32 Å². The SMILES string of the molecule is CCCCCCCCNc1nc2ccccc2s1. The second-order valence-corrected chi connectivity index (χ2v) is 5.71. The Labute approximate surface area is 113 Å². The van der Waals surface area contributed by atoms with Crippen LogP contribution in [0.3, 0.4) is 0 Å². The molecule has 0 atom stereocenters. The highest BCUT2D eigenvalue weighted by atomic mass is 32.1. The second-order valence-electron chi connectivity index (χ2n) is 4.68. The summed E-state index contributed by atoms with van der Waals surface area (Å²) in [5, 5.41) is 4.49. The molecule has 1 aromatic carbocycles. The van der Waals surface area contributed by atoms with Crippen molar-refractivity contribution in [2.75, 3.05) is 11.9 Å². The number of rotatable bonds is 8. The predicted molar refractivity (Wildman–Crippen MR) is 81.5 cm³/mol. The summed E-state index contributed by atoms with van der Waals surface area (Å²) in [6.07, 6.45) is 8.04. The average Bonchev–Trinajstić information content (AvgIpc) is 2.80. The van der Waals surface area contributed by atoms with Crippen LogP contribution in [-0.2, 0) is 0 Å². The number of thiazole rings is 1. The highest BCUT2D eigenvalue weighted by Crippen LogP contribution is 2.25. The van der Waals surface area contributed by atoms with Crippen molar-refractivity contribution >= 4 is 26.7 Å². The van der Waals surface area contributed by atoms with E-state index in [2.05, 4.69) is 35.4 Å². The third-order valence-corrected chi connectivity index (χ3v) is 4.09. The third-order valence-electron chi connectivity index (χ3n) is 3.10. The molecule has 0 bridgehead atoms. The van der Waals surface area contributed by atoms with Crippen LogP contribution in [0.25, 0.3) is 10.2 Å². The van der Waals surface area contributed by atoms with Gasteiger partial charge in [0.25, 0.3) is 0 Å². The van der Waals surface area contributed by atoms with Crippen molar-refractivity contribution in [1.82, 2.24) is 4.98 Å². The first-order chi connectivity index (χ1) is 8.90. The highest BCUT2D eigenvalue weighted by Gasteiger charge is 2.01. The summed E-state index contributed by atoms with van der Waals surface area (Å²) >= 11 is 1.75. The van der Waals surface area contributed by atoms with E-state index in [1.54, 1.807) is 11.3 Å². The van der Waals surface area contributed by atoms with E-state index in [1.165, 1.54) is 43.2 Å². The lowest BCUT2D eigenvalue weighted by molar-refractivity contribution is 0.617. The fourth-order valence-electron chi connectivity index (χ4n) is 2.05. The standard InChI is InChI=1S/C15H22N2S/c1-2-3-4-5-6-9-12-16-15-17-13-10-7-8-11-14(13)18-15/h7-8,10-11H,2-6,9,12H2,1H3,(H,16,17). The maximum atomic E-state index is 4.57. The second kappa shape index (κ2) is 7.37. The van der Waals surface area contributed by atoms with Gasteiger partial charge in [-0.25, -0.2) is 4.98 Å². The number of fused-ring (bicyclic) bond motifs is 1. The van der Waals surface area contributed by atoms with Gasteiger partial charge in [-0.15, -0.1) is 0 Å². The molecule has 0 aliphatic carbocycles. The first kappa shape index (κ1) is 13.3. The quantitative estimate of drug-likeness (QED) is 0.672. The van der Waals surface area contributed by atoms with Gasteiger partial charge in [0.1, 0.15) is 0 Å². The molecular formula is C15H22N2S. The lowest BCUT2D eigenvalue weighted by Crippen LogP contribution is -2.00. The topological polar surface area (TPSA) is 24.9 Å². The number of nitrogens with zero attached hydrogens (tertiary/aromatic N) is 1. The predicted octanol–water partition coefficient (Wildman–Crippen LogP) is 5.07. The maximum Gasteiger partial charge on any atom is 0.183 e. The Morgan fingerprint density at radius 3 is 2.67 bits per heavy atom. The van der Waals surface area contributed by atoms with E-state index >= 15 is 0 Å². The average molecular weight is 262 g/mol. The lowest BCUT2D eigenvalue weighted by atomic mass is 10.1. The number of anilines is 1. The molecule has 2 nitrogen and oxygen atoms in total. The number of para-hydroxylation sites is 1. The number of hydrogen-bond acceptors (Lipinski definition) is 3. The van der Waals surface area contributed by atoms with Crippen molar-refractivity contribution in [3.63, 3.8) is 0 Å². The molecule has 98 valence electrons. The van der Waals surface area contributed by atoms with E-state index in [0.29, 0.717) is 0 Å². The van der Waals surface area contributed by atoms with Gasteiger partial charge >= 0.3 is 0 Å². The van der Waals surface area contributed by atoms with E-state index in [4.69, 9.17) is 0 Å². The van der Waals surface area contributed by atoms with Gasteiger partial charge in [0.15, 0.2) is 5.13 Å². The minimum atomic E-state index is 1.05. The van der Waals surface area contributed by atoms with Crippen molar-refractivity contribution < 1.29 is 0 Å². The van der Waals surface area contributed by atoms with Gasteiger partial charge in [0.2, 0.25) is 0 Å². The van der Waals surface area contributed by atoms with Crippen LogP contribution in [0.15, 0.2) is 24.3 Å². The van der Waals surface area contributed by atoms with Gasteiger partial charge in [-0.05, 0) is 18.6 Å². The molecule has 0 saturated carbocycles. The molecule has 18 heavy (non-hydrogen) atoms. The summed E-state index contributed by atoms with van der Waals surface area (Å²) in [6.45, 7) is 3.31. The van der Waals surface area contributed by atoms with Gasteiger partial charge in [-0.1, -0.05) is 62.5 Å². The first-order valence-corrected chi connectivity index (χ1v) is 7.81. The van der Waals surface area contributed by atoms with Crippen LogP contribution in [0, 0.1) is 0 Å². The fraction of sp³-hybridized carbons (Fsp3) is 0.533. The minimum Gasteiger partial charge on any atom is -0.361 e. The molecule has 0 fully saturated rings. The van der Waals surface area contributed by atoms with Crippen molar-refractivity contribution in [2.45, 2.75) is 45.4 Å². The molecule has 0 radical (unpaired) electrons. The molecule has 3 heteroatoms. The van der Waals surface area contributed by atoms with Crippen LogP contribution < -0.4 is 5.32 Å². The normalized spacial score (nSPS) is 10.9. The van der Waals surface area contributed by atoms with Gasteiger partial charge in [0.05, 0.1) is 10.2 Å². The molecule has 0 aliphatic heterocycles. The summed E-state index contributed by atoms with van der Waals surface area (Å²) in [7, 11) is 0. The molecule has 0 aliphatic rings. The van der Waals surface area contributed by atoms with Gasteiger partial charge in [-0.2, -0.15) is 0 Å². The summed E-state index contributed by atoms with van der Waals surface area (Å²) in [5.74, 6) is 0. The Bertz CT molecular complexity index is 431. The largest absolute Gasteiger partial charge is 0.361 e. The molecule has 1 aromatic heterocycles. The summed E-state index contributed by atoms with van der Waals surface area (Å²) < 4.78 is 1.27. The maximum absolute atomic E-state index is 4.57. The lowest BCUT2D eigenvalue weighted by Gasteiger charge is -2.02. The van der Waals surface area contributed by atoms with Crippen molar-refractivity contribution in [1.29, 1.82) is 0 Å². The van der Waals surface area contributed by atoms with Crippen LogP contribution in [0.2, 0.25) is 0 Å². The Morgan fingerprint density at radius 2 is 1.83 bits per heavy atom. The van der Waals surface area contributed by atoms with Crippen LogP contribution >= 0.6 is 11.3 Å². The number of nitrogens with one attached hydrogen (secondary N) is 1. The van der Waals surface area contributed by atoms with E-state index in [1.807, 2.05) is 6.07 Å². The van der Waals surface area contributed by atoms with E-state index < -0.39 is 0 Å². The van der Waals surface area contributed by atoms with E-state index in [-0.39, 0.29) is 0 Å². The molecular weight excluding hydrogens is 240 g/mol. The number of hydrogen-bond donors (Lipinski definition) is 1. The summed E-state index contributed by atoms with van der Waals surface area (Å²) in [5.41, 5.74) is 1.10. The third kappa shape index (κ3) is 3.98. The smallest absolute Gasteiger partial charge is 0.183 e. The fourth-order valence-corrected chi connectivity index (χ4v) is 2.94. The zero-order valence-electron chi connectivity index (χ0n) is 11.1. The van der Waals surface area contributed by atoms with Crippen molar-refractivity contribution in [3.05, 3.63) is 24.3 Å². The zero-order valence-corrected chi connectivity index (χ0v) is 11.9. The van der Waals surface area contributed by atoms with Crippen molar-refractivity contribution in [3.8, 4) is 0 Å². The van der Waals surface area contributed by atoms with Gasteiger partial charge in [0, 0.05) is 6.54 Å². The van der Waals surface area contributed by atoms with Crippen LogP contribution in [0.4, 0.5) is 5.13 Å². The summed E-state index contributed by atoms with van der Waals surface area (Å²) in [6, 6.07) is 8.31. The molecule has 0 unspecified atom stereocenters. The van der Waals surface area contributed by atoms with Gasteiger partial charge in [-0.3, -0.25) is 0 Å². The molecule has 0 amide bonds. The highest BCUT2D eigenvalue weighted by molar-refractivity contribution is 7.22. The number of benzene rings is 1. The van der Waals surface area contributed by atoms with E-state index in [0.717, 1.165) is 17.2 Å². The molecule has 1 heterocycles. The van der Waals surface area contributed by atoms with Crippen LogP contribution in [0.5, 0.6) is 0 Å². The molecule has 1 N–H and O–H groups in total. The first-order valence-electron chi connectivity index (χ1n) is 6.99. The Hall–Kier alpha value is -1.09. The minimum absolute atomic E-state index is 1.05. The number of unbranched alkanes of at least 4 members (excludes halogenated alkanes) is 5. The molecule has 2 rings (SSSR count). The molecule has 2 aromatic rings. The van der Waals surface area contributed by atoms with Crippen LogP contribution in [-0.4, -0.2) is 11.5 Å². The Morgan fingerprint density at radius 1 is 1.06 bits per heavy atom. The number of aromatic nitrogens is 1. The Kier molecular flexibility index (Phi) is 5.46.